The van der Waals surface area contributed by atoms with Gasteiger partial charge in [0.1, 0.15) is 11.2 Å². The van der Waals surface area contributed by atoms with Gasteiger partial charge in [-0.15, -0.1) is 0 Å². The molecule has 1 saturated heterocycles. The van der Waals surface area contributed by atoms with Crippen LogP contribution in [0.4, 0.5) is 10.1 Å². The zero-order valence-corrected chi connectivity index (χ0v) is 17.5. The first-order chi connectivity index (χ1) is 14.5. The van der Waals surface area contributed by atoms with Gasteiger partial charge in [0.2, 0.25) is 5.91 Å². The predicted octanol–water partition coefficient (Wildman–Crippen LogP) is 5.84. The smallest absolute Gasteiger partial charge is 0.237 e. The number of amides is 1. The van der Waals surface area contributed by atoms with Crippen molar-refractivity contribution in [3.63, 3.8) is 0 Å². The predicted molar refractivity (Wildman–Crippen MR) is 118 cm³/mol. The summed E-state index contributed by atoms with van der Waals surface area (Å²) in [5.74, 6) is -0.555. The third kappa shape index (κ3) is 2.94. The van der Waals surface area contributed by atoms with Crippen LogP contribution in [0, 0.1) is 5.82 Å². The molecule has 2 aliphatic heterocycles. The molecule has 0 saturated carbocycles. The number of piperidine rings is 1. The summed E-state index contributed by atoms with van der Waals surface area (Å²) in [7, 11) is 0. The molecule has 2 aliphatic rings. The molecule has 3 aromatic rings. The molecule has 30 heavy (non-hydrogen) atoms. The molecular formula is C24H19Cl2FN2O. The van der Waals surface area contributed by atoms with Gasteiger partial charge in [0.05, 0.1) is 6.04 Å². The minimum absolute atomic E-state index is 0.110. The zero-order chi connectivity index (χ0) is 20.9. The van der Waals surface area contributed by atoms with E-state index in [-0.39, 0.29) is 17.6 Å². The van der Waals surface area contributed by atoms with Crippen LogP contribution in [0.5, 0.6) is 0 Å². The largest absolute Gasteiger partial charge is 0.325 e. The molecule has 3 unspecified atom stereocenters. The molecule has 2 N–H and O–H groups in total. The molecule has 3 aromatic carbocycles. The van der Waals surface area contributed by atoms with Crippen molar-refractivity contribution in [3.05, 3.63) is 99.3 Å². The zero-order valence-electron chi connectivity index (χ0n) is 16.0. The first-order valence-electron chi connectivity index (χ1n) is 9.86. The highest BCUT2D eigenvalue weighted by atomic mass is 35.5. The minimum atomic E-state index is -0.945. The number of benzene rings is 3. The van der Waals surface area contributed by atoms with Crippen LogP contribution >= 0.6 is 23.2 Å². The Labute approximate surface area is 184 Å². The molecule has 0 bridgehead atoms. The number of fused-ring (bicyclic) bond motifs is 2. The Bertz CT molecular complexity index is 1130. The van der Waals surface area contributed by atoms with E-state index in [0.717, 1.165) is 23.1 Å². The van der Waals surface area contributed by atoms with Crippen LogP contribution < -0.4 is 10.6 Å². The van der Waals surface area contributed by atoms with E-state index in [9.17, 15) is 9.18 Å². The van der Waals surface area contributed by atoms with Gasteiger partial charge >= 0.3 is 0 Å². The van der Waals surface area contributed by atoms with E-state index in [1.807, 2.05) is 36.4 Å². The lowest BCUT2D eigenvalue weighted by Crippen LogP contribution is -2.55. The molecule has 5 rings (SSSR count). The van der Waals surface area contributed by atoms with Gasteiger partial charge in [0.25, 0.3) is 0 Å². The number of carbonyl (C=O) groups excluding carboxylic acids is 1. The first-order valence-corrected chi connectivity index (χ1v) is 10.6. The Morgan fingerprint density at radius 3 is 2.47 bits per heavy atom. The Kier molecular flexibility index (Phi) is 4.81. The number of halogens is 3. The standard InChI is InChI=1S/C24H19Cl2FN2O/c25-16-6-4-14(5-7-16)19-10-11-28-22(15-2-1-3-18(27)12-15)24(19)20-9-8-17(26)13-21(20)29-23(24)30/h1-9,12-13,19,22,28H,10-11H2,(H,29,30). The summed E-state index contributed by atoms with van der Waals surface area (Å²) in [6, 6.07) is 19.2. The molecule has 1 fully saturated rings. The summed E-state index contributed by atoms with van der Waals surface area (Å²) in [4.78, 5) is 13.7. The molecule has 3 nitrogen and oxygen atoms in total. The highest BCUT2D eigenvalue weighted by Gasteiger charge is 2.59. The van der Waals surface area contributed by atoms with E-state index in [0.29, 0.717) is 22.3 Å². The third-order valence-electron chi connectivity index (χ3n) is 6.29. The molecule has 1 spiro atoms. The van der Waals surface area contributed by atoms with Crippen LogP contribution in [-0.2, 0) is 10.2 Å². The lowest BCUT2D eigenvalue weighted by Gasteiger charge is -2.47. The Hall–Kier alpha value is -2.40. The van der Waals surface area contributed by atoms with Crippen molar-refractivity contribution < 1.29 is 9.18 Å². The van der Waals surface area contributed by atoms with Crippen LogP contribution in [0.3, 0.4) is 0 Å². The number of hydrogen-bond acceptors (Lipinski definition) is 2. The van der Waals surface area contributed by atoms with Crippen LogP contribution in [0.15, 0.2) is 66.7 Å². The molecule has 2 heterocycles. The lowest BCUT2D eigenvalue weighted by atomic mass is 9.59. The fourth-order valence-electron chi connectivity index (χ4n) is 5.11. The highest BCUT2D eigenvalue weighted by Crippen LogP contribution is 2.57. The van der Waals surface area contributed by atoms with Gasteiger partial charge in [-0.05, 0) is 66.1 Å². The van der Waals surface area contributed by atoms with E-state index in [1.165, 1.54) is 12.1 Å². The van der Waals surface area contributed by atoms with E-state index in [1.54, 1.807) is 18.2 Å². The number of hydrogen-bond donors (Lipinski definition) is 2. The van der Waals surface area contributed by atoms with Crippen molar-refractivity contribution in [2.24, 2.45) is 0 Å². The van der Waals surface area contributed by atoms with Gasteiger partial charge < -0.3 is 10.6 Å². The fourth-order valence-corrected chi connectivity index (χ4v) is 5.41. The molecule has 0 radical (unpaired) electrons. The number of carbonyl (C=O) groups is 1. The second-order valence-electron chi connectivity index (χ2n) is 7.85. The lowest BCUT2D eigenvalue weighted by molar-refractivity contribution is -0.123. The second kappa shape index (κ2) is 7.38. The van der Waals surface area contributed by atoms with Crippen molar-refractivity contribution in [2.45, 2.75) is 23.8 Å². The monoisotopic (exact) mass is 440 g/mol. The van der Waals surface area contributed by atoms with Gasteiger partial charge in [-0.2, -0.15) is 0 Å². The van der Waals surface area contributed by atoms with Crippen molar-refractivity contribution >= 4 is 34.8 Å². The SMILES string of the molecule is O=C1Nc2cc(Cl)ccc2C12C(c1ccc(Cl)cc1)CCNC2c1cccc(F)c1. The van der Waals surface area contributed by atoms with Gasteiger partial charge in [0, 0.05) is 21.7 Å². The van der Waals surface area contributed by atoms with E-state index < -0.39 is 11.5 Å². The summed E-state index contributed by atoms with van der Waals surface area (Å²) in [6.45, 7) is 0.701. The maximum absolute atomic E-state index is 14.1. The van der Waals surface area contributed by atoms with Crippen molar-refractivity contribution in [1.29, 1.82) is 0 Å². The summed E-state index contributed by atoms with van der Waals surface area (Å²) < 4.78 is 14.1. The molecule has 3 atom stereocenters. The molecule has 6 heteroatoms. The minimum Gasteiger partial charge on any atom is -0.325 e. The first kappa shape index (κ1) is 19.6. The van der Waals surface area contributed by atoms with E-state index in [4.69, 9.17) is 23.2 Å². The number of nitrogens with one attached hydrogen (secondary N) is 2. The Balaban J connectivity index is 1.77. The van der Waals surface area contributed by atoms with Gasteiger partial charge in [-0.1, -0.05) is 53.5 Å². The maximum Gasteiger partial charge on any atom is 0.237 e. The molecule has 1 amide bonds. The molecule has 0 aromatic heterocycles. The third-order valence-corrected chi connectivity index (χ3v) is 6.78. The average Bonchev–Trinajstić information content (AvgIpc) is 3.00. The van der Waals surface area contributed by atoms with Crippen LogP contribution in [-0.4, -0.2) is 12.5 Å². The Morgan fingerprint density at radius 2 is 1.70 bits per heavy atom. The second-order valence-corrected chi connectivity index (χ2v) is 8.72. The van der Waals surface area contributed by atoms with Crippen molar-refractivity contribution in [3.8, 4) is 0 Å². The van der Waals surface area contributed by atoms with Crippen LogP contribution in [0.1, 0.15) is 35.1 Å². The quantitative estimate of drug-likeness (QED) is 0.525. The molecule has 152 valence electrons. The average molecular weight is 441 g/mol. The topological polar surface area (TPSA) is 41.1 Å². The summed E-state index contributed by atoms with van der Waals surface area (Å²) in [5, 5.41) is 7.75. The van der Waals surface area contributed by atoms with Crippen molar-refractivity contribution in [1.82, 2.24) is 5.32 Å². The molecular weight excluding hydrogens is 422 g/mol. The summed E-state index contributed by atoms with van der Waals surface area (Å²) in [6.07, 6.45) is 0.753. The maximum atomic E-state index is 14.1. The molecule has 0 aliphatic carbocycles. The Morgan fingerprint density at radius 1 is 0.933 bits per heavy atom. The number of rotatable bonds is 2. The van der Waals surface area contributed by atoms with Crippen molar-refractivity contribution in [2.75, 3.05) is 11.9 Å². The van der Waals surface area contributed by atoms with Gasteiger partial charge in [-0.25, -0.2) is 4.39 Å². The summed E-state index contributed by atoms with van der Waals surface area (Å²) in [5.41, 5.74) is 2.40. The van der Waals surface area contributed by atoms with Gasteiger partial charge in [0.15, 0.2) is 0 Å². The summed E-state index contributed by atoms with van der Waals surface area (Å²) >= 11 is 12.3. The van der Waals surface area contributed by atoms with Crippen LogP contribution in [0.25, 0.3) is 0 Å². The number of anilines is 1. The van der Waals surface area contributed by atoms with E-state index in [2.05, 4.69) is 10.6 Å². The van der Waals surface area contributed by atoms with Gasteiger partial charge in [-0.3, -0.25) is 4.79 Å². The van der Waals surface area contributed by atoms with E-state index >= 15 is 0 Å². The van der Waals surface area contributed by atoms with Crippen LogP contribution in [0.2, 0.25) is 10.0 Å². The highest BCUT2D eigenvalue weighted by molar-refractivity contribution is 6.31. The normalized spacial score (nSPS) is 25.2. The fraction of sp³-hybridized carbons (Fsp3) is 0.208.